The number of benzene rings is 1. The van der Waals surface area contributed by atoms with Gasteiger partial charge in [-0.1, -0.05) is 18.2 Å². The molecule has 2 aromatic rings. The Morgan fingerprint density at radius 2 is 1.92 bits per heavy atom. The Bertz CT molecular complexity index is 913. The van der Waals surface area contributed by atoms with Crippen LogP contribution in [-0.4, -0.2) is 39.4 Å². The molecule has 3 rings (SSSR count). The third-order valence-corrected chi connectivity index (χ3v) is 4.81. The van der Waals surface area contributed by atoms with Crippen LogP contribution < -0.4 is 9.88 Å². The average molecular weight is 362 g/mol. The van der Waals surface area contributed by atoms with Crippen molar-refractivity contribution in [2.24, 2.45) is 5.14 Å². The molecule has 1 aliphatic rings. The summed E-state index contributed by atoms with van der Waals surface area (Å²) in [7, 11) is -2.34. The number of carbonyl (C=O) groups excluding carboxylic acids is 1. The van der Waals surface area contributed by atoms with Gasteiger partial charge in [0.05, 0.1) is 7.11 Å². The fraction of sp³-hybridized carbons (Fsp3) is 0.235. The number of hydrogen-bond acceptors (Lipinski definition) is 5. The van der Waals surface area contributed by atoms with Gasteiger partial charge in [-0.3, -0.25) is 4.79 Å². The summed E-state index contributed by atoms with van der Waals surface area (Å²) in [6.07, 6.45) is 2.67. The highest BCUT2D eigenvalue weighted by molar-refractivity contribution is 7.89. The van der Waals surface area contributed by atoms with E-state index in [0.717, 1.165) is 16.9 Å². The lowest BCUT2D eigenvalue weighted by atomic mass is 9.99. The van der Waals surface area contributed by atoms with Gasteiger partial charge in [0.15, 0.2) is 5.76 Å². The molecule has 1 aromatic carbocycles. The third-order valence-electron chi connectivity index (χ3n) is 4.03. The molecule has 0 saturated heterocycles. The molecule has 25 heavy (non-hydrogen) atoms. The molecule has 7 nitrogen and oxygen atoms in total. The predicted octanol–water partition coefficient (Wildman–Crippen LogP) is 1.87. The predicted molar refractivity (Wildman–Crippen MR) is 91.6 cm³/mol. The Kier molecular flexibility index (Phi) is 4.65. The molecule has 0 aliphatic carbocycles. The maximum Gasteiger partial charge on any atom is 0.289 e. The van der Waals surface area contributed by atoms with Crippen LogP contribution in [0.15, 0.2) is 52.0 Å². The first-order chi connectivity index (χ1) is 11.9. The zero-order valence-corrected chi connectivity index (χ0v) is 14.5. The number of hydrogen-bond donors (Lipinski definition) is 1. The fourth-order valence-corrected chi connectivity index (χ4v) is 3.13. The molecule has 0 bridgehead atoms. The van der Waals surface area contributed by atoms with Crippen LogP contribution in [0.3, 0.4) is 0 Å². The Morgan fingerprint density at radius 1 is 1.20 bits per heavy atom. The largest absolute Gasteiger partial charge is 0.497 e. The number of furan rings is 1. The summed E-state index contributed by atoms with van der Waals surface area (Å²) < 4.78 is 32.7. The highest BCUT2D eigenvalue weighted by atomic mass is 32.2. The topological polar surface area (TPSA) is 103 Å². The quantitative estimate of drug-likeness (QED) is 0.894. The number of nitrogens with two attached hydrogens (primary N) is 1. The second-order valence-electron chi connectivity index (χ2n) is 5.62. The zero-order valence-electron chi connectivity index (χ0n) is 13.6. The van der Waals surface area contributed by atoms with Crippen molar-refractivity contribution in [1.82, 2.24) is 4.90 Å². The lowest BCUT2D eigenvalue weighted by Gasteiger charge is -2.26. The van der Waals surface area contributed by atoms with Crippen molar-refractivity contribution in [3.63, 3.8) is 0 Å². The molecule has 8 heteroatoms. The van der Waals surface area contributed by atoms with Gasteiger partial charge in [-0.05, 0) is 41.8 Å². The summed E-state index contributed by atoms with van der Waals surface area (Å²) in [5, 5.41) is 4.57. The van der Waals surface area contributed by atoms with Gasteiger partial charge in [0.2, 0.25) is 5.09 Å². The van der Waals surface area contributed by atoms with Crippen LogP contribution in [0.1, 0.15) is 22.5 Å². The summed E-state index contributed by atoms with van der Waals surface area (Å²) in [6, 6.07) is 10.3. The van der Waals surface area contributed by atoms with Crippen molar-refractivity contribution in [3.8, 4) is 5.75 Å². The molecule has 0 spiro atoms. The van der Waals surface area contributed by atoms with Crippen molar-refractivity contribution >= 4 is 21.5 Å². The Hall–Kier alpha value is -2.58. The second-order valence-corrected chi connectivity index (χ2v) is 7.12. The third kappa shape index (κ3) is 3.75. The zero-order chi connectivity index (χ0) is 18.0. The lowest BCUT2D eigenvalue weighted by Crippen LogP contribution is -2.34. The smallest absolute Gasteiger partial charge is 0.289 e. The van der Waals surface area contributed by atoms with Crippen LogP contribution in [0.4, 0.5) is 0 Å². The van der Waals surface area contributed by atoms with Crippen LogP contribution in [0, 0.1) is 0 Å². The van der Waals surface area contributed by atoms with Crippen molar-refractivity contribution in [3.05, 3.63) is 53.8 Å². The van der Waals surface area contributed by atoms with Crippen molar-refractivity contribution in [1.29, 1.82) is 0 Å². The SMILES string of the molecule is COc1ccc(C2=CCN(C(=O)c3ccc(S(N)(=O)=O)o3)CC2)cc1. The Balaban J connectivity index is 1.71. The summed E-state index contributed by atoms with van der Waals surface area (Å²) in [5.74, 6) is 0.394. The molecule has 2 heterocycles. The van der Waals surface area contributed by atoms with Crippen LogP contribution in [0.2, 0.25) is 0 Å². The van der Waals surface area contributed by atoms with Crippen molar-refractivity contribution < 1.29 is 22.4 Å². The van der Waals surface area contributed by atoms with Crippen LogP contribution in [0.5, 0.6) is 5.75 Å². The normalized spacial score (nSPS) is 15.0. The molecule has 0 unspecified atom stereocenters. The molecule has 132 valence electrons. The lowest BCUT2D eigenvalue weighted by molar-refractivity contribution is 0.0735. The van der Waals surface area contributed by atoms with E-state index < -0.39 is 15.1 Å². The number of rotatable bonds is 4. The fourth-order valence-electron chi connectivity index (χ4n) is 2.66. The van der Waals surface area contributed by atoms with E-state index in [-0.39, 0.29) is 11.7 Å². The number of sulfonamides is 1. The van der Waals surface area contributed by atoms with E-state index in [0.29, 0.717) is 19.5 Å². The van der Waals surface area contributed by atoms with E-state index in [4.69, 9.17) is 14.3 Å². The Labute approximate surface area is 145 Å². The molecular formula is C17H18N2O5S. The highest BCUT2D eigenvalue weighted by Gasteiger charge is 2.24. The van der Waals surface area contributed by atoms with Gasteiger partial charge in [-0.2, -0.15) is 0 Å². The van der Waals surface area contributed by atoms with Gasteiger partial charge in [-0.25, -0.2) is 13.6 Å². The summed E-state index contributed by atoms with van der Waals surface area (Å²) in [5.41, 5.74) is 2.23. The maximum absolute atomic E-state index is 12.4. The number of nitrogens with zero attached hydrogens (tertiary/aromatic N) is 1. The van der Waals surface area contributed by atoms with E-state index in [2.05, 4.69) is 0 Å². The number of methoxy groups -OCH3 is 1. The van der Waals surface area contributed by atoms with Crippen molar-refractivity contribution in [2.45, 2.75) is 11.5 Å². The number of ether oxygens (including phenoxy) is 1. The van der Waals surface area contributed by atoms with E-state index in [1.165, 1.54) is 12.1 Å². The van der Waals surface area contributed by atoms with Gasteiger partial charge in [0.25, 0.3) is 15.9 Å². The molecular weight excluding hydrogens is 344 g/mol. The van der Waals surface area contributed by atoms with Crippen LogP contribution in [0.25, 0.3) is 5.57 Å². The minimum atomic E-state index is -3.96. The summed E-state index contributed by atoms with van der Waals surface area (Å²) >= 11 is 0. The maximum atomic E-state index is 12.4. The molecule has 0 fully saturated rings. The number of amides is 1. The molecule has 0 radical (unpaired) electrons. The first kappa shape index (κ1) is 17.2. The first-order valence-corrected chi connectivity index (χ1v) is 9.18. The van der Waals surface area contributed by atoms with Crippen molar-refractivity contribution in [2.75, 3.05) is 20.2 Å². The van der Waals surface area contributed by atoms with Gasteiger partial charge in [-0.15, -0.1) is 0 Å². The molecule has 0 saturated carbocycles. The summed E-state index contributed by atoms with van der Waals surface area (Å²) in [4.78, 5) is 14.0. The summed E-state index contributed by atoms with van der Waals surface area (Å²) in [6.45, 7) is 0.938. The molecule has 1 amide bonds. The van der Waals surface area contributed by atoms with Gasteiger partial charge in [0.1, 0.15) is 5.75 Å². The van der Waals surface area contributed by atoms with E-state index >= 15 is 0 Å². The van der Waals surface area contributed by atoms with Crippen LogP contribution >= 0.6 is 0 Å². The molecule has 2 N–H and O–H groups in total. The minimum Gasteiger partial charge on any atom is -0.497 e. The molecule has 1 aliphatic heterocycles. The standard InChI is InChI=1S/C17H18N2O5S/c1-23-14-4-2-12(3-5-14)13-8-10-19(11-9-13)17(20)15-6-7-16(24-15)25(18,21)22/h2-8H,9-11H2,1H3,(H2,18,21,22). The first-order valence-electron chi connectivity index (χ1n) is 7.64. The van der Waals surface area contributed by atoms with Gasteiger partial charge in [0, 0.05) is 13.1 Å². The van der Waals surface area contributed by atoms with Gasteiger partial charge >= 0.3 is 0 Å². The van der Waals surface area contributed by atoms with E-state index in [1.54, 1.807) is 12.0 Å². The number of carbonyl (C=O) groups is 1. The molecule has 1 aromatic heterocycles. The van der Waals surface area contributed by atoms with E-state index in [1.807, 2.05) is 30.3 Å². The Morgan fingerprint density at radius 3 is 2.44 bits per heavy atom. The highest BCUT2D eigenvalue weighted by Crippen LogP contribution is 2.25. The number of primary sulfonamides is 1. The average Bonchev–Trinajstić information content (AvgIpc) is 3.12. The minimum absolute atomic E-state index is 0.0367. The van der Waals surface area contributed by atoms with E-state index in [9.17, 15) is 13.2 Å². The monoisotopic (exact) mass is 362 g/mol. The van der Waals surface area contributed by atoms with Crippen LogP contribution in [-0.2, 0) is 10.0 Å². The molecule has 0 atom stereocenters. The van der Waals surface area contributed by atoms with Gasteiger partial charge < -0.3 is 14.1 Å². The second kappa shape index (κ2) is 6.73.